The normalized spacial score (nSPS) is 17.0. The molecule has 0 unspecified atom stereocenters. The number of oxazole rings is 1. The number of nitrogens with one attached hydrogen (secondary N) is 1. The van der Waals surface area contributed by atoms with Gasteiger partial charge in [-0.25, -0.2) is 9.97 Å². The van der Waals surface area contributed by atoms with E-state index in [2.05, 4.69) is 22.2 Å². The SMILES string of the molecule is C[C@@H]1CCc2nc(NC(=O)CSc3nc4ccccc4o3)sc2C1. The van der Waals surface area contributed by atoms with E-state index in [1.807, 2.05) is 24.3 Å². The van der Waals surface area contributed by atoms with Crippen LogP contribution >= 0.6 is 23.1 Å². The summed E-state index contributed by atoms with van der Waals surface area (Å²) in [5.41, 5.74) is 2.70. The van der Waals surface area contributed by atoms with Crippen molar-refractivity contribution in [3.05, 3.63) is 34.8 Å². The number of fused-ring (bicyclic) bond motifs is 2. The van der Waals surface area contributed by atoms with E-state index in [9.17, 15) is 4.79 Å². The number of carbonyl (C=O) groups is 1. The number of aryl methyl sites for hydroxylation is 1. The molecule has 0 aliphatic heterocycles. The number of thioether (sulfide) groups is 1. The molecule has 2 aromatic heterocycles. The fraction of sp³-hybridized carbons (Fsp3) is 0.353. The van der Waals surface area contributed by atoms with E-state index in [1.54, 1.807) is 11.3 Å². The second kappa shape index (κ2) is 6.57. The number of anilines is 1. The van der Waals surface area contributed by atoms with Gasteiger partial charge in [-0.1, -0.05) is 30.8 Å². The topological polar surface area (TPSA) is 68.0 Å². The Morgan fingerprint density at radius 2 is 2.29 bits per heavy atom. The van der Waals surface area contributed by atoms with Gasteiger partial charge in [-0.2, -0.15) is 0 Å². The summed E-state index contributed by atoms with van der Waals surface area (Å²) in [6.07, 6.45) is 3.26. The summed E-state index contributed by atoms with van der Waals surface area (Å²) in [4.78, 5) is 22.4. The van der Waals surface area contributed by atoms with Gasteiger partial charge in [-0.05, 0) is 37.3 Å². The molecule has 1 aliphatic rings. The van der Waals surface area contributed by atoms with Crippen molar-refractivity contribution >= 4 is 45.2 Å². The summed E-state index contributed by atoms with van der Waals surface area (Å²) in [7, 11) is 0. The number of aromatic nitrogens is 2. The molecule has 1 aromatic carbocycles. The summed E-state index contributed by atoms with van der Waals surface area (Å²) >= 11 is 2.90. The standard InChI is InChI=1S/C17H17N3O2S2/c1-10-6-7-12-14(8-10)24-16(18-12)20-15(21)9-23-17-19-11-4-2-3-5-13(11)22-17/h2-5,10H,6-9H2,1H3,(H,18,20,21)/t10-/m1/s1. The van der Waals surface area contributed by atoms with E-state index >= 15 is 0 Å². The molecular weight excluding hydrogens is 342 g/mol. The summed E-state index contributed by atoms with van der Waals surface area (Å²) in [6, 6.07) is 7.58. The molecule has 0 bridgehead atoms. The smallest absolute Gasteiger partial charge is 0.257 e. The number of benzene rings is 1. The van der Waals surface area contributed by atoms with E-state index in [1.165, 1.54) is 23.1 Å². The first-order chi connectivity index (χ1) is 11.7. The number of nitrogens with zero attached hydrogens (tertiary/aromatic N) is 2. The summed E-state index contributed by atoms with van der Waals surface area (Å²) in [5, 5.41) is 4.11. The van der Waals surface area contributed by atoms with Crippen LogP contribution in [-0.4, -0.2) is 21.6 Å². The molecule has 0 spiro atoms. The quantitative estimate of drug-likeness (QED) is 0.709. The first-order valence-electron chi connectivity index (χ1n) is 7.94. The highest BCUT2D eigenvalue weighted by Gasteiger charge is 2.20. The minimum atomic E-state index is -0.0820. The lowest BCUT2D eigenvalue weighted by molar-refractivity contribution is -0.113. The van der Waals surface area contributed by atoms with Crippen LogP contribution in [0.15, 0.2) is 33.9 Å². The summed E-state index contributed by atoms with van der Waals surface area (Å²) < 4.78 is 5.61. The van der Waals surface area contributed by atoms with Gasteiger partial charge < -0.3 is 9.73 Å². The van der Waals surface area contributed by atoms with Crippen molar-refractivity contribution in [2.75, 3.05) is 11.1 Å². The molecule has 3 aromatic rings. The highest BCUT2D eigenvalue weighted by Crippen LogP contribution is 2.32. The van der Waals surface area contributed by atoms with Crippen molar-refractivity contribution in [1.82, 2.24) is 9.97 Å². The molecular formula is C17H17N3O2S2. The predicted molar refractivity (Wildman–Crippen MR) is 96.7 cm³/mol. The Bertz CT molecular complexity index is 854. The van der Waals surface area contributed by atoms with E-state index < -0.39 is 0 Å². The zero-order valence-electron chi connectivity index (χ0n) is 13.2. The fourth-order valence-electron chi connectivity index (χ4n) is 2.79. The van der Waals surface area contributed by atoms with E-state index in [0.29, 0.717) is 16.3 Å². The molecule has 7 heteroatoms. The molecule has 5 nitrogen and oxygen atoms in total. The summed E-state index contributed by atoms with van der Waals surface area (Å²) in [6.45, 7) is 2.26. The molecule has 0 fully saturated rings. The molecule has 1 aliphatic carbocycles. The minimum absolute atomic E-state index is 0.0820. The van der Waals surface area contributed by atoms with Gasteiger partial charge in [-0.3, -0.25) is 4.79 Å². The van der Waals surface area contributed by atoms with Crippen LogP contribution in [0.2, 0.25) is 0 Å². The van der Waals surface area contributed by atoms with Crippen LogP contribution in [0.4, 0.5) is 5.13 Å². The lowest BCUT2D eigenvalue weighted by atomic mass is 9.93. The second-order valence-electron chi connectivity index (χ2n) is 6.02. The third-order valence-corrected chi connectivity index (χ3v) is 5.90. The maximum Gasteiger partial charge on any atom is 0.257 e. The van der Waals surface area contributed by atoms with Gasteiger partial charge >= 0.3 is 0 Å². The summed E-state index contributed by atoms with van der Waals surface area (Å²) in [5.74, 6) is 0.880. The Morgan fingerprint density at radius 3 is 3.17 bits per heavy atom. The van der Waals surface area contributed by atoms with Crippen molar-refractivity contribution in [3.63, 3.8) is 0 Å². The van der Waals surface area contributed by atoms with Gasteiger partial charge in [0.15, 0.2) is 10.7 Å². The van der Waals surface area contributed by atoms with Crippen LogP contribution in [0.25, 0.3) is 11.1 Å². The average molecular weight is 359 g/mol. The monoisotopic (exact) mass is 359 g/mol. The van der Waals surface area contributed by atoms with Crippen molar-refractivity contribution in [3.8, 4) is 0 Å². The van der Waals surface area contributed by atoms with Crippen molar-refractivity contribution < 1.29 is 9.21 Å². The highest BCUT2D eigenvalue weighted by atomic mass is 32.2. The van der Waals surface area contributed by atoms with Crippen LogP contribution in [-0.2, 0) is 17.6 Å². The number of amides is 1. The number of thiazole rings is 1. The van der Waals surface area contributed by atoms with E-state index in [0.717, 1.165) is 29.6 Å². The van der Waals surface area contributed by atoms with Gasteiger partial charge in [0.25, 0.3) is 5.22 Å². The van der Waals surface area contributed by atoms with Crippen molar-refractivity contribution in [2.24, 2.45) is 5.92 Å². The van der Waals surface area contributed by atoms with Crippen molar-refractivity contribution in [1.29, 1.82) is 0 Å². The zero-order valence-corrected chi connectivity index (χ0v) is 14.9. The third-order valence-electron chi connectivity index (χ3n) is 4.03. The van der Waals surface area contributed by atoms with E-state index in [4.69, 9.17) is 4.42 Å². The maximum absolute atomic E-state index is 12.1. The molecule has 1 N–H and O–H groups in total. The van der Waals surface area contributed by atoms with Crippen LogP contribution in [0.3, 0.4) is 0 Å². The number of rotatable bonds is 4. The molecule has 0 radical (unpaired) electrons. The maximum atomic E-state index is 12.1. The number of hydrogen-bond donors (Lipinski definition) is 1. The molecule has 2 heterocycles. The molecule has 0 saturated carbocycles. The molecule has 124 valence electrons. The van der Waals surface area contributed by atoms with Gasteiger partial charge in [0.1, 0.15) is 5.52 Å². The lowest BCUT2D eigenvalue weighted by Crippen LogP contribution is -2.14. The van der Waals surface area contributed by atoms with Gasteiger partial charge in [-0.15, -0.1) is 11.3 Å². The van der Waals surface area contributed by atoms with Crippen molar-refractivity contribution in [2.45, 2.75) is 31.4 Å². The lowest BCUT2D eigenvalue weighted by Gasteiger charge is -2.15. The molecule has 0 saturated heterocycles. The Balaban J connectivity index is 1.36. The second-order valence-corrected chi connectivity index (χ2v) is 8.03. The number of hydrogen-bond acceptors (Lipinski definition) is 6. The first kappa shape index (κ1) is 15.7. The predicted octanol–water partition coefficient (Wildman–Crippen LogP) is 4.14. The molecule has 1 atom stereocenters. The molecule has 1 amide bonds. The minimum Gasteiger partial charge on any atom is -0.431 e. The van der Waals surface area contributed by atoms with E-state index in [-0.39, 0.29) is 11.7 Å². The van der Waals surface area contributed by atoms with Crippen LogP contribution in [0.1, 0.15) is 23.9 Å². The Hall–Kier alpha value is -1.86. The van der Waals surface area contributed by atoms with Gasteiger partial charge in [0.2, 0.25) is 5.91 Å². The largest absolute Gasteiger partial charge is 0.431 e. The Kier molecular flexibility index (Phi) is 4.28. The van der Waals surface area contributed by atoms with Gasteiger partial charge in [0.05, 0.1) is 11.4 Å². The molecule has 4 rings (SSSR count). The first-order valence-corrected chi connectivity index (χ1v) is 9.74. The number of para-hydroxylation sites is 2. The third kappa shape index (κ3) is 3.32. The Morgan fingerprint density at radius 1 is 1.42 bits per heavy atom. The van der Waals surface area contributed by atoms with Crippen LogP contribution in [0, 0.1) is 5.92 Å². The van der Waals surface area contributed by atoms with Crippen LogP contribution < -0.4 is 5.32 Å². The zero-order chi connectivity index (χ0) is 16.5. The Labute approximate surface area is 147 Å². The van der Waals surface area contributed by atoms with Crippen LogP contribution in [0.5, 0.6) is 0 Å². The van der Waals surface area contributed by atoms with Gasteiger partial charge in [0, 0.05) is 4.88 Å². The average Bonchev–Trinajstić information content (AvgIpc) is 3.15. The number of carbonyl (C=O) groups excluding carboxylic acids is 1. The fourth-order valence-corrected chi connectivity index (χ4v) is 4.61. The highest BCUT2D eigenvalue weighted by molar-refractivity contribution is 7.99. The molecule has 24 heavy (non-hydrogen) atoms.